The maximum atomic E-state index is 5.71. The summed E-state index contributed by atoms with van der Waals surface area (Å²) in [4.78, 5) is 0. The Hall–Kier alpha value is -0.120. The van der Waals surface area contributed by atoms with E-state index in [2.05, 4.69) is 5.32 Å². The molecule has 3 nitrogen and oxygen atoms in total. The Labute approximate surface area is 80.8 Å². The molecule has 2 unspecified atom stereocenters. The van der Waals surface area contributed by atoms with Crippen molar-refractivity contribution in [3.05, 3.63) is 0 Å². The van der Waals surface area contributed by atoms with Crippen molar-refractivity contribution in [3.8, 4) is 0 Å². The highest BCUT2D eigenvalue weighted by Gasteiger charge is 2.21. The number of ether oxygens (including phenoxy) is 2. The Morgan fingerprint density at radius 3 is 2.77 bits per heavy atom. The van der Waals surface area contributed by atoms with Crippen LogP contribution in [0, 0.1) is 0 Å². The van der Waals surface area contributed by atoms with E-state index < -0.39 is 0 Å². The van der Waals surface area contributed by atoms with Gasteiger partial charge in [-0.15, -0.1) is 0 Å². The molecule has 0 aromatic rings. The molecule has 0 saturated heterocycles. The van der Waals surface area contributed by atoms with Crippen LogP contribution in [0.2, 0.25) is 0 Å². The average Bonchev–Trinajstić information content (AvgIpc) is 2.19. The minimum Gasteiger partial charge on any atom is -0.381 e. The zero-order valence-corrected chi connectivity index (χ0v) is 8.71. The molecular weight excluding hydrogens is 166 g/mol. The number of methoxy groups -OCH3 is 1. The van der Waals surface area contributed by atoms with Gasteiger partial charge >= 0.3 is 0 Å². The van der Waals surface area contributed by atoms with Gasteiger partial charge in [-0.05, 0) is 32.7 Å². The molecule has 1 fully saturated rings. The fourth-order valence-electron chi connectivity index (χ4n) is 1.80. The summed E-state index contributed by atoms with van der Waals surface area (Å²) in [6, 6.07) is 0. The van der Waals surface area contributed by atoms with Crippen LogP contribution in [0.1, 0.15) is 25.7 Å². The van der Waals surface area contributed by atoms with Crippen molar-refractivity contribution in [2.45, 2.75) is 37.9 Å². The maximum Gasteiger partial charge on any atom is 0.0600 e. The summed E-state index contributed by atoms with van der Waals surface area (Å²) < 4.78 is 11.0. The molecule has 0 bridgehead atoms. The van der Waals surface area contributed by atoms with Crippen LogP contribution in [-0.4, -0.2) is 39.5 Å². The summed E-state index contributed by atoms with van der Waals surface area (Å²) >= 11 is 0. The third-order valence-corrected chi connectivity index (χ3v) is 2.62. The van der Waals surface area contributed by atoms with Crippen LogP contribution in [0.3, 0.4) is 0 Å². The molecule has 1 N–H and O–H groups in total. The lowest BCUT2D eigenvalue weighted by Gasteiger charge is -2.28. The number of nitrogens with one attached hydrogen (secondary N) is 1. The molecule has 1 aliphatic rings. The second-order valence-electron chi connectivity index (χ2n) is 3.62. The second-order valence-corrected chi connectivity index (χ2v) is 3.62. The largest absolute Gasteiger partial charge is 0.381 e. The van der Waals surface area contributed by atoms with Gasteiger partial charge in [0.15, 0.2) is 0 Å². The van der Waals surface area contributed by atoms with E-state index in [-0.39, 0.29) is 0 Å². The van der Waals surface area contributed by atoms with Crippen LogP contribution in [0.15, 0.2) is 0 Å². The van der Waals surface area contributed by atoms with Crippen molar-refractivity contribution < 1.29 is 9.47 Å². The highest BCUT2D eigenvalue weighted by Crippen LogP contribution is 2.22. The Morgan fingerprint density at radius 2 is 2.08 bits per heavy atom. The van der Waals surface area contributed by atoms with Gasteiger partial charge in [0, 0.05) is 13.7 Å². The average molecular weight is 187 g/mol. The molecule has 0 radical (unpaired) electrons. The van der Waals surface area contributed by atoms with E-state index in [1.165, 1.54) is 19.3 Å². The van der Waals surface area contributed by atoms with E-state index in [0.29, 0.717) is 12.2 Å². The Bertz CT molecular complexity index is 130. The molecular formula is C10H21NO2. The minimum absolute atomic E-state index is 0.423. The molecule has 3 heteroatoms. The molecule has 0 amide bonds. The van der Waals surface area contributed by atoms with Crippen molar-refractivity contribution in [3.63, 3.8) is 0 Å². The van der Waals surface area contributed by atoms with Crippen LogP contribution in [0.4, 0.5) is 0 Å². The molecule has 1 saturated carbocycles. The normalized spacial score (nSPS) is 29.1. The van der Waals surface area contributed by atoms with Crippen LogP contribution in [0.5, 0.6) is 0 Å². The topological polar surface area (TPSA) is 30.5 Å². The van der Waals surface area contributed by atoms with Gasteiger partial charge in [-0.2, -0.15) is 0 Å². The number of likely N-dealkylation sites (N-methyl/N-ethyl adjacent to an activating group) is 1. The summed E-state index contributed by atoms with van der Waals surface area (Å²) in [5.74, 6) is 0. The van der Waals surface area contributed by atoms with Crippen molar-refractivity contribution in [2.75, 3.05) is 27.3 Å². The lowest BCUT2D eigenvalue weighted by molar-refractivity contribution is -0.0279. The van der Waals surface area contributed by atoms with Gasteiger partial charge in [-0.3, -0.25) is 0 Å². The van der Waals surface area contributed by atoms with Crippen LogP contribution < -0.4 is 5.32 Å². The summed E-state index contributed by atoms with van der Waals surface area (Å²) in [5, 5.41) is 3.08. The standard InChI is InChI=1S/C10H21NO2/c1-11-6-7-13-10-5-3-4-9(8-10)12-2/h9-11H,3-8H2,1-2H3. The fourth-order valence-corrected chi connectivity index (χ4v) is 1.80. The predicted molar refractivity (Wildman–Crippen MR) is 52.9 cm³/mol. The lowest BCUT2D eigenvalue weighted by atomic mass is 9.95. The molecule has 0 spiro atoms. The van der Waals surface area contributed by atoms with Gasteiger partial charge in [-0.1, -0.05) is 0 Å². The van der Waals surface area contributed by atoms with Gasteiger partial charge in [-0.25, -0.2) is 0 Å². The quantitative estimate of drug-likeness (QED) is 0.656. The van der Waals surface area contributed by atoms with Crippen molar-refractivity contribution in [1.82, 2.24) is 5.32 Å². The van der Waals surface area contributed by atoms with Gasteiger partial charge in [0.1, 0.15) is 0 Å². The van der Waals surface area contributed by atoms with E-state index in [0.717, 1.165) is 19.6 Å². The van der Waals surface area contributed by atoms with E-state index in [1.807, 2.05) is 7.05 Å². The van der Waals surface area contributed by atoms with Gasteiger partial charge < -0.3 is 14.8 Å². The molecule has 1 rings (SSSR count). The maximum absolute atomic E-state index is 5.71. The second kappa shape index (κ2) is 6.35. The van der Waals surface area contributed by atoms with Crippen LogP contribution in [0.25, 0.3) is 0 Å². The van der Waals surface area contributed by atoms with Crippen LogP contribution in [-0.2, 0) is 9.47 Å². The monoisotopic (exact) mass is 187 g/mol. The summed E-state index contributed by atoms with van der Waals surface area (Å²) in [7, 11) is 3.74. The van der Waals surface area contributed by atoms with Crippen molar-refractivity contribution in [2.24, 2.45) is 0 Å². The summed E-state index contributed by atoms with van der Waals surface area (Å²) in [6.45, 7) is 1.76. The highest BCUT2D eigenvalue weighted by molar-refractivity contribution is 4.73. The lowest BCUT2D eigenvalue weighted by Crippen LogP contribution is -2.29. The molecule has 0 aromatic carbocycles. The fraction of sp³-hybridized carbons (Fsp3) is 1.00. The van der Waals surface area contributed by atoms with E-state index in [9.17, 15) is 0 Å². The minimum atomic E-state index is 0.423. The van der Waals surface area contributed by atoms with Crippen LogP contribution >= 0.6 is 0 Å². The predicted octanol–water partition coefficient (Wildman–Crippen LogP) is 1.18. The zero-order valence-electron chi connectivity index (χ0n) is 8.71. The molecule has 0 aromatic heterocycles. The highest BCUT2D eigenvalue weighted by atomic mass is 16.5. The smallest absolute Gasteiger partial charge is 0.0600 e. The first kappa shape index (κ1) is 11.0. The van der Waals surface area contributed by atoms with Gasteiger partial charge in [0.2, 0.25) is 0 Å². The van der Waals surface area contributed by atoms with Crippen molar-refractivity contribution >= 4 is 0 Å². The molecule has 78 valence electrons. The zero-order chi connectivity index (χ0) is 9.52. The van der Waals surface area contributed by atoms with Crippen molar-refractivity contribution in [1.29, 1.82) is 0 Å². The van der Waals surface area contributed by atoms with E-state index >= 15 is 0 Å². The van der Waals surface area contributed by atoms with Gasteiger partial charge in [0.25, 0.3) is 0 Å². The summed E-state index contributed by atoms with van der Waals surface area (Å²) in [5.41, 5.74) is 0. The molecule has 2 atom stereocenters. The van der Waals surface area contributed by atoms with E-state index in [4.69, 9.17) is 9.47 Å². The first-order valence-corrected chi connectivity index (χ1v) is 5.15. The Balaban J connectivity index is 2.11. The molecule has 0 aliphatic heterocycles. The molecule has 13 heavy (non-hydrogen) atoms. The summed E-state index contributed by atoms with van der Waals surface area (Å²) in [6.07, 6.45) is 5.55. The SMILES string of the molecule is CNCCOC1CCCC(OC)C1. The van der Waals surface area contributed by atoms with Gasteiger partial charge in [0.05, 0.1) is 18.8 Å². The first-order chi connectivity index (χ1) is 6.36. The first-order valence-electron chi connectivity index (χ1n) is 5.15. The molecule has 1 aliphatic carbocycles. The number of rotatable bonds is 5. The Kier molecular flexibility index (Phi) is 5.35. The number of hydrogen-bond acceptors (Lipinski definition) is 3. The Morgan fingerprint density at radius 1 is 1.31 bits per heavy atom. The van der Waals surface area contributed by atoms with E-state index in [1.54, 1.807) is 7.11 Å². The number of hydrogen-bond donors (Lipinski definition) is 1. The third-order valence-electron chi connectivity index (χ3n) is 2.62. The third kappa shape index (κ3) is 4.07. The molecule has 0 heterocycles.